The van der Waals surface area contributed by atoms with Gasteiger partial charge in [-0.3, -0.25) is 4.79 Å². The molecule has 2 rings (SSSR count). The van der Waals surface area contributed by atoms with Crippen LogP contribution in [0.5, 0.6) is 0 Å². The number of hydrogen-bond donors (Lipinski definition) is 1. The largest absolute Gasteiger partial charge is 0.459 e. The summed E-state index contributed by atoms with van der Waals surface area (Å²) in [4.78, 5) is 14.0. The first kappa shape index (κ1) is 12.4. The summed E-state index contributed by atoms with van der Waals surface area (Å²) in [5.41, 5.74) is 6.37. The van der Waals surface area contributed by atoms with Crippen molar-refractivity contribution in [3.05, 3.63) is 54.5 Å². The van der Waals surface area contributed by atoms with Crippen molar-refractivity contribution in [3.8, 4) is 0 Å². The topological polar surface area (TPSA) is 59.5 Å². The van der Waals surface area contributed by atoms with Gasteiger partial charge in [-0.05, 0) is 37.2 Å². The maximum atomic E-state index is 12.3. The molecule has 4 nitrogen and oxygen atoms in total. The second-order valence-electron chi connectivity index (χ2n) is 3.91. The number of benzene rings is 1. The molecule has 0 fully saturated rings. The number of nitrogens with two attached hydrogens (primary N) is 1. The maximum Gasteiger partial charge on any atom is 0.293 e. The van der Waals surface area contributed by atoms with Gasteiger partial charge in [0.2, 0.25) is 0 Å². The standard InChI is InChI=1S/C14H16N2O2/c15-9-5-10-16(12-6-2-1-3-7-12)14(17)13-8-4-11-18-13/h1-4,6-8,11H,5,9-10,15H2. The van der Waals surface area contributed by atoms with Gasteiger partial charge in [0.15, 0.2) is 5.76 Å². The van der Waals surface area contributed by atoms with Gasteiger partial charge in [0, 0.05) is 12.2 Å². The van der Waals surface area contributed by atoms with Crippen LogP contribution in [0.15, 0.2) is 53.1 Å². The van der Waals surface area contributed by atoms with Crippen molar-refractivity contribution < 1.29 is 9.21 Å². The second kappa shape index (κ2) is 6.02. The minimum Gasteiger partial charge on any atom is -0.459 e. The molecule has 0 saturated heterocycles. The van der Waals surface area contributed by atoms with E-state index in [4.69, 9.17) is 10.2 Å². The zero-order valence-electron chi connectivity index (χ0n) is 10.1. The lowest BCUT2D eigenvalue weighted by Gasteiger charge is -2.21. The first-order valence-electron chi connectivity index (χ1n) is 5.93. The average Bonchev–Trinajstić information content (AvgIpc) is 2.94. The fourth-order valence-corrected chi connectivity index (χ4v) is 1.74. The number of anilines is 1. The Balaban J connectivity index is 2.23. The quantitative estimate of drug-likeness (QED) is 0.877. The molecule has 0 spiro atoms. The number of furan rings is 1. The van der Waals surface area contributed by atoms with Crippen molar-refractivity contribution in [2.24, 2.45) is 5.73 Å². The van der Waals surface area contributed by atoms with Gasteiger partial charge in [0.1, 0.15) is 0 Å². The van der Waals surface area contributed by atoms with Crippen LogP contribution in [-0.2, 0) is 0 Å². The molecule has 0 atom stereocenters. The third kappa shape index (κ3) is 2.78. The van der Waals surface area contributed by atoms with Crippen LogP contribution in [0.4, 0.5) is 5.69 Å². The number of carbonyl (C=O) groups excluding carboxylic acids is 1. The van der Waals surface area contributed by atoms with E-state index in [9.17, 15) is 4.79 Å². The van der Waals surface area contributed by atoms with Gasteiger partial charge >= 0.3 is 0 Å². The van der Waals surface area contributed by atoms with Crippen molar-refractivity contribution in [3.63, 3.8) is 0 Å². The Bertz CT molecular complexity index is 480. The van der Waals surface area contributed by atoms with Gasteiger partial charge in [-0.1, -0.05) is 18.2 Å². The minimum atomic E-state index is -0.139. The third-order valence-electron chi connectivity index (χ3n) is 2.63. The highest BCUT2D eigenvalue weighted by Gasteiger charge is 2.19. The van der Waals surface area contributed by atoms with Crippen LogP contribution in [-0.4, -0.2) is 19.0 Å². The summed E-state index contributed by atoms with van der Waals surface area (Å²) in [6, 6.07) is 12.9. The number of amides is 1. The summed E-state index contributed by atoms with van der Waals surface area (Å²) in [6.07, 6.45) is 2.25. The van der Waals surface area contributed by atoms with Crippen LogP contribution >= 0.6 is 0 Å². The number of rotatable bonds is 5. The van der Waals surface area contributed by atoms with Crippen molar-refractivity contribution >= 4 is 11.6 Å². The predicted octanol–water partition coefficient (Wildman–Crippen LogP) is 2.28. The molecule has 94 valence electrons. The van der Waals surface area contributed by atoms with E-state index in [0.29, 0.717) is 18.8 Å². The van der Waals surface area contributed by atoms with E-state index in [1.807, 2.05) is 30.3 Å². The van der Waals surface area contributed by atoms with Crippen molar-refractivity contribution in [1.29, 1.82) is 0 Å². The SMILES string of the molecule is NCCCN(C(=O)c1ccco1)c1ccccc1. The van der Waals surface area contributed by atoms with E-state index in [1.165, 1.54) is 6.26 Å². The molecule has 2 N–H and O–H groups in total. The summed E-state index contributed by atoms with van der Waals surface area (Å²) >= 11 is 0. The lowest BCUT2D eigenvalue weighted by Crippen LogP contribution is -2.32. The molecule has 0 saturated carbocycles. The van der Waals surface area contributed by atoms with Gasteiger partial charge in [-0.15, -0.1) is 0 Å². The fourth-order valence-electron chi connectivity index (χ4n) is 1.74. The molecule has 0 aliphatic carbocycles. The highest BCUT2D eigenvalue weighted by molar-refractivity contribution is 6.04. The lowest BCUT2D eigenvalue weighted by atomic mass is 10.2. The highest BCUT2D eigenvalue weighted by Crippen LogP contribution is 2.17. The van der Waals surface area contributed by atoms with Gasteiger partial charge in [-0.25, -0.2) is 0 Å². The molecular formula is C14H16N2O2. The molecule has 4 heteroatoms. The van der Waals surface area contributed by atoms with Crippen molar-refractivity contribution in [2.75, 3.05) is 18.0 Å². The molecule has 0 unspecified atom stereocenters. The molecule has 1 heterocycles. The van der Waals surface area contributed by atoms with Gasteiger partial charge in [-0.2, -0.15) is 0 Å². The number of nitrogens with zero attached hydrogens (tertiary/aromatic N) is 1. The van der Waals surface area contributed by atoms with Crippen molar-refractivity contribution in [2.45, 2.75) is 6.42 Å². The van der Waals surface area contributed by atoms with E-state index < -0.39 is 0 Å². The summed E-state index contributed by atoms with van der Waals surface area (Å²) in [6.45, 7) is 1.13. The lowest BCUT2D eigenvalue weighted by molar-refractivity contribution is 0.0960. The Labute approximate surface area is 106 Å². The van der Waals surface area contributed by atoms with Crippen LogP contribution in [0.3, 0.4) is 0 Å². The molecule has 0 radical (unpaired) electrons. The monoisotopic (exact) mass is 244 g/mol. The van der Waals surface area contributed by atoms with Crippen LogP contribution in [0.25, 0.3) is 0 Å². The second-order valence-corrected chi connectivity index (χ2v) is 3.91. The van der Waals surface area contributed by atoms with Crippen molar-refractivity contribution in [1.82, 2.24) is 0 Å². The summed E-state index contributed by atoms with van der Waals surface area (Å²) in [5, 5.41) is 0. The normalized spacial score (nSPS) is 10.3. The maximum absolute atomic E-state index is 12.3. The number of para-hydroxylation sites is 1. The minimum absolute atomic E-state index is 0.139. The van der Waals surface area contributed by atoms with E-state index >= 15 is 0 Å². The summed E-state index contributed by atoms with van der Waals surface area (Å²) in [7, 11) is 0. The smallest absolute Gasteiger partial charge is 0.293 e. The van der Waals surface area contributed by atoms with E-state index in [0.717, 1.165) is 12.1 Å². The van der Waals surface area contributed by atoms with Crippen LogP contribution < -0.4 is 10.6 Å². The van der Waals surface area contributed by atoms with Gasteiger partial charge < -0.3 is 15.1 Å². The molecule has 0 aliphatic rings. The first-order valence-corrected chi connectivity index (χ1v) is 5.93. The highest BCUT2D eigenvalue weighted by atomic mass is 16.3. The van der Waals surface area contributed by atoms with Crippen LogP contribution in [0.2, 0.25) is 0 Å². The summed E-state index contributed by atoms with van der Waals surface area (Å²) < 4.78 is 5.16. The fraction of sp³-hybridized carbons (Fsp3) is 0.214. The summed E-state index contributed by atoms with van der Waals surface area (Å²) in [5.74, 6) is 0.204. The first-order chi connectivity index (χ1) is 8.83. The molecule has 1 aromatic carbocycles. The molecule has 1 amide bonds. The third-order valence-corrected chi connectivity index (χ3v) is 2.63. The van der Waals surface area contributed by atoms with E-state index in [1.54, 1.807) is 17.0 Å². The molecule has 1 aromatic heterocycles. The zero-order valence-corrected chi connectivity index (χ0v) is 10.1. The molecule has 0 bridgehead atoms. The van der Waals surface area contributed by atoms with Crippen LogP contribution in [0.1, 0.15) is 17.0 Å². The molecule has 18 heavy (non-hydrogen) atoms. The molecule has 0 aliphatic heterocycles. The Morgan fingerprint density at radius 1 is 1.17 bits per heavy atom. The Morgan fingerprint density at radius 3 is 2.56 bits per heavy atom. The Kier molecular flexibility index (Phi) is 4.15. The number of carbonyl (C=O) groups is 1. The van der Waals surface area contributed by atoms with E-state index in [2.05, 4.69) is 0 Å². The zero-order chi connectivity index (χ0) is 12.8. The molecule has 2 aromatic rings. The Hall–Kier alpha value is -2.07. The van der Waals surface area contributed by atoms with Gasteiger partial charge in [0.25, 0.3) is 5.91 Å². The van der Waals surface area contributed by atoms with E-state index in [-0.39, 0.29) is 5.91 Å². The molecular weight excluding hydrogens is 228 g/mol. The van der Waals surface area contributed by atoms with Gasteiger partial charge in [0.05, 0.1) is 6.26 Å². The van der Waals surface area contributed by atoms with Crippen LogP contribution in [0, 0.1) is 0 Å². The Morgan fingerprint density at radius 2 is 1.94 bits per heavy atom. The number of hydrogen-bond acceptors (Lipinski definition) is 3. The average molecular weight is 244 g/mol. The predicted molar refractivity (Wildman–Crippen MR) is 70.5 cm³/mol.